The largest absolute Gasteiger partial charge is 0.361 e. The summed E-state index contributed by atoms with van der Waals surface area (Å²) in [5.74, 6) is -0.446. The summed E-state index contributed by atoms with van der Waals surface area (Å²) in [6.45, 7) is 4.25. The number of benzene rings is 2. The van der Waals surface area contributed by atoms with Crippen molar-refractivity contribution >= 4 is 23.6 Å². The van der Waals surface area contributed by atoms with Crippen molar-refractivity contribution < 1.29 is 13.6 Å². The van der Waals surface area contributed by atoms with Crippen LogP contribution in [-0.4, -0.2) is 47.1 Å². The fraction of sp³-hybridized carbons (Fsp3) is 0.333. The van der Waals surface area contributed by atoms with Gasteiger partial charge in [0.15, 0.2) is 0 Å². The number of rotatable bonds is 5. The normalized spacial score (nSPS) is 19.1. The minimum atomic E-state index is -0.292. The van der Waals surface area contributed by atoms with Gasteiger partial charge in [-0.05, 0) is 48.4 Å². The van der Waals surface area contributed by atoms with Crippen molar-refractivity contribution in [2.45, 2.75) is 32.2 Å². The molecule has 162 valence electrons. The number of amides is 1. The highest BCUT2D eigenvalue weighted by molar-refractivity contribution is 8.01. The zero-order valence-electron chi connectivity index (χ0n) is 17.4. The van der Waals surface area contributed by atoms with E-state index >= 15 is 0 Å². The Morgan fingerprint density at radius 3 is 2.26 bits per heavy atom. The summed E-state index contributed by atoms with van der Waals surface area (Å²) < 4.78 is 30.8. The van der Waals surface area contributed by atoms with Gasteiger partial charge in [-0.15, -0.1) is 0 Å². The van der Waals surface area contributed by atoms with Crippen molar-refractivity contribution in [3.05, 3.63) is 82.4 Å². The van der Waals surface area contributed by atoms with Gasteiger partial charge in [-0.2, -0.15) is 0 Å². The quantitative estimate of drug-likeness (QED) is 0.636. The van der Waals surface area contributed by atoms with E-state index in [4.69, 9.17) is 0 Å². The van der Waals surface area contributed by atoms with Gasteiger partial charge >= 0.3 is 0 Å². The Balaban J connectivity index is 1.28. The van der Waals surface area contributed by atoms with Crippen molar-refractivity contribution in [3.63, 3.8) is 0 Å². The molecule has 2 aliphatic rings. The number of carbonyl (C=O) groups is 1. The van der Waals surface area contributed by atoms with Crippen LogP contribution in [0, 0.1) is 11.6 Å². The molecular weight excluding hydrogens is 416 g/mol. The van der Waals surface area contributed by atoms with Crippen LogP contribution in [0.2, 0.25) is 0 Å². The molecule has 0 N–H and O–H groups in total. The van der Waals surface area contributed by atoms with Crippen LogP contribution in [0.15, 0.2) is 64.0 Å². The third-order valence-electron chi connectivity index (χ3n) is 5.63. The number of allylic oxidation sites excluding steroid dienone is 1. The highest BCUT2D eigenvalue weighted by Crippen LogP contribution is 2.29. The zero-order valence-corrected chi connectivity index (χ0v) is 18.2. The molecule has 2 aromatic rings. The van der Waals surface area contributed by atoms with Gasteiger partial charge in [-0.3, -0.25) is 4.79 Å². The first kappa shape index (κ1) is 21.6. The maximum absolute atomic E-state index is 13.1. The maximum Gasteiger partial charge on any atom is 0.227 e. The molecule has 1 saturated heterocycles. The summed E-state index contributed by atoms with van der Waals surface area (Å²) in [6, 6.07) is 12.8. The van der Waals surface area contributed by atoms with Gasteiger partial charge < -0.3 is 9.80 Å². The Hall–Kier alpha value is -2.67. The second-order valence-electron chi connectivity index (χ2n) is 7.98. The first-order chi connectivity index (χ1) is 15.0. The molecule has 7 heteroatoms. The summed E-state index contributed by atoms with van der Waals surface area (Å²) in [4.78, 5) is 16.9. The van der Waals surface area contributed by atoms with E-state index in [0.717, 1.165) is 47.8 Å². The molecule has 0 bridgehead atoms. The van der Waals surface area contributed by atoms with Gasteiger partial charge in [0.05, 0.1) is 11.4 Å². The van der Waals surface area contributed by atoms with Crippen LogP contribution in [0.4, 0.5) is 8.78 Å². The minimum Gasteiger partial charge on any atom is -0.361 e. The smallest absolute Gasteiger partial charge is 0.227 e. The van der Waals surface area contributed by atoms with E-state index < -0.39 is 0 Å². The summed E-state index contributed by atoms with van der Waals surface area (Å²) in [5.41, 5.74) is 2.95. The van der Waals surface area contributed by atoms with Gasteiger partial charge in [0.1, 0.15) is 11.6 Å². The highest BCUT2D eigenvalue weighted by atomic mass is 32.2. The Morgan fingerprint density at radius 1 is 1.03 bits per heavy atom. The van der Waals surface area contributed by atoms with Crippen molar-refractivity contribution in [2.24, 2.45) is 4.40 Å². The molecule has 4 rings (SSSR count). The molecule has 0 spiro atoms. The topological polar surface area (TPSA) is 35.9 Å². The summed E-state index contributed by atoms with van der Waals surface area (Å²) in [6.07, 6.45) is 3.98. The van der Waals surface area contributed by atoms with E-state index in [1.807, 2.05) is 4.90 Å². The van der Waals surface area contributed by atoms with E-state index in [-0.39, 0.29) is 23.6 Å². The van der Waals surface area contributed by atoms with Crippen molar-refractivity contribution in [3.8, 4) is 0 Å². The molecule has 0 aliphatic carbocycles. The van der Waals surface area contributed by atoms with E-state index in [1.54, 1.807) is 24.3 Å². The molecule has 31 heavy (non-hydrogen) atoms. The van der Waals surface area contributed by atoms with Gasteiger partial charge in [-0.25, -0.2) is 13.2 Å². The van der Waals surface area contributed by atoms with E-state index in [2.05, 4.69) is 22.3 Å². The number of hydrogen-bond donors (Lipinski definition) is 0. The number of halogens is 2. The van der Waals surface area contributed by atoms with Crippen LogP contribution in [0.25, 0.3) is 0 Å². The van der Waals surface area contributed by atoms with Gasteiger partial charge in [-0.1, -0.05) is 24.3 Å². The number of piperazine rings is 1. The molecule has 0 saturated carbocycles. The molecular formula is C24H25F2N3OS. The molecule has 0 aromatic heterocycles. The molecule has 2 aliphatic heterocycles. The van der Waals surface area contributed by atoms with Crippen LogP contribution in [0.1, 0.15) is 24.5 Å². The molecule has 4 nitrogen and oxygen atoms in total. The first-order valence-electron chi connectivity index (χ1n) is 10.4. The third kappa shape index (κ3) is 5.53. The highest BCUT2D eigenvalue weighted by Gasteiger charge is 2.29. The van der Waals surface area contributed by atoms with E-state index in [1.165, 1.54) is 36.2 Å². The lowest BCUT2D eigenvalue weighted by Gasteiger charge is -2.41. The average molecular weight is 442 g/mol. The van der Waals surface area contributed by atoms with Gasteiger partial charge in [0.2, 0.25) is 5.91 Å². The lowest BCUT2D eigenvalue weighted by molar-refractivity contribution is -0.134. The van der Waals surface area contributed by atoms with E-state index in [0.29, 0.717) is 13.0 Å². The third-order valence-corrected chi connectivity index (χ3v) is 6.59. The van der Waals surface area contributed by atoms with Crippen LogP contribution in [0.3, 0.4) is 0 Å². The molecule has 1 fully saturated rings. The van der Waals surface area contributed by atoms with Gasteiger partial charge in [0, 0.05) is 56.2 Å². The minimum absolute atomic E-state index is 0.0728. The summed E-state index contributed by atoms with van der Waals surface area (Å²) in [7, 11) is 0. The van der Waals surface area contributed by atoms with Crippen LogP contribution >= 0.6 is 11.9 Å². The summed E-state index contributed by atoms with van der Waals surface area (Å²) >= 11 is 1.48. The lowest BCUT2D eigenvalue weighted by Crippen LogP contribution is -2.53. The van der Waals surface area contributed by atoms with E-state index in [9.17, 15) is 13.6 Å². The molecule has 1 unspecified atom stereocenters. The number of nitrogens with zero attached hydrogens (tertiary/aromatic N) is 3. The molecule has 1 atom stereocenters. The lowest BCUT2D eigenvalue weighted by atomic mass is 10.1. The Kier molecular flexibility index (Phi) is 6.70. The second kappa shape index (κ2) is 9.64. The number of hydrogen-bond acceptors (Lipinski definition) is 4. The average Bonchev–Trinajstić information content (AvgIpc) is 2.77. The first-order valence-corrected chi connectivity index (χ1v) is 11.2. The zero-order chi connectivity index (χ0) is 21.8. The van der Waals surface area contributed by atoms with Crippen molar-refractivity contribution in [2.75, 3.05) is 19.6 Å². The molecule has 2 aromatic carbocycles. The maximum atomic E-state index is 13.1. The summed E-state index contributed by atoms with van der Waals surface area (Å²) in [5, 5.41) is 1.13. The second-order valence-corrected chi connectivity index (χ2v) is 8.77. The predicted octanol–water partition coefficient (Wildman–Crippen LogP) is 4.62. The van der Waals surface area contributed by atoms with Crippen LogP contribution in [0.5, 0.6) is 0 Å². The van der Waals surface area contributed by atoms with Crippen LogP contribution in [-0.2, 0) is 17.6 Å². The molecule has 1 amide bonds. The molecule has 2 heterocycles. The monoisotopic (exact) mass is 441 g/mol. The Morgan fingerprint density at radius 2 is 1.68 bits per heavy atom. The number of carbonyl (C=O) groups excluding carboxylic acids is 1. The van der Waals surface area contributed by atoms with Gasteiger partial charge in [0.25, 0.3) is 0 Å². The molecule has 0 radical (unpaired) electrons. The van der Waals surface area contributed by atoms with Crippen molar-refractivity contribution in [1.29, 1.82) is 0 Å². The SMILES string of the molecule is CC1CN(C2=CCC(Cc3ccc(F)cc3)=NS2)CCN1C(=O)Cc1ccc(F)cc1. The standard InChI is InChI=1S/C24H25F2N3OS/c1-17-16-28(12-13-29(17)23(30)15-19-4-8-21(26)9-5-19)24-11-10-22(27-31-24)14-18-2-6-20(25)7-3-18/h2-9,11,17H,10,12-16H2,1H3. The predicted molar refractivity (Wildman–Crippen MR) is 121 cm³/mol. The van der Waals surface area contributed by atoms with Crippen LogP contribution < -0.4 is 0 Å². The fourth-order valence-corrected chi connectivity index (χ4v) is 4.73. The fourth-order valence-electron chi connectivity index (χ4n) is 3.93. The van der Waals surface area contributed by atoms with Crippen molar-refractivity contribution in [1.82, 2.24) is 9.80 Å². The Bertz CT molecular complexity index is 989. The Labute approximate surface area is 185 Å².